The molecule has 1 aliphatic carbocycles. The van der Waals surface area contributed by atoms with Crippen molar-refractivity contribution in [2.45, 2.75) is 42.2 Å². The van der Waals surface area contributed by atoms with Crippen molar-refractivity contribution in [2.24, 2.45) is 11.7 Å². The molecule has 106 valence electrons. The first-order chi connectivity index (χ1) is 9.13. The number of halogens is 2. The fourth-order valence-corrected chi connectivity index (χ4v) is 4.49. The van der Waals surface area contributed by atoms with E-state index in [-0.39, 0.29) is 16.1 Å². The van der Waals surface area contributed by atoms with Gasteiger partial charge in [-0.2, -0.15) is 0 Å². The van der Waals surface area contributed by atoms with E-state index in [4.69, 9.17) is 5.73 Å². The quantitative estimate of drug-likeness (QED) is 0.869. The van der Waals surface area contributed by atoms with E-state index in [0.29, 0.717) is 6.54 Å². The molecule has 2 nitrogen and oxygen atoms in total. The Labute approximate surface area is 114 Å². The molecule has 2 N–H and O–H groups in total. The minimum atomic E-state index is -1.53. The lowest BCUT2D eigenvalue weighted by molar-refractivity contribution is 0.471. The van der Waals surface area contributed by atoms with E-state index in [1.165, 1.54) is 0 Å². The summed E-state index contributed by atoms with van der Waals surface area (Å²) in [4.78, 5) is -0.0228. The summed E-state index contributed by atoms with van der Waals surface area (Å²) in [5, 5.41) is -0.163. The topological polar surface area (TPSA) is 43.1 Å². The van der Waals surface area contributed by atoms with E-state index in [0.717, 1.165) is 50.3 Å². The predicted octanol–water partition coefficient (Wildman–Crippen LogP) is 2.98. The Hall–Kier alpha value is -0.810. The maximum absolute atomic E-state index is 13.7. The maximum Gasteiger partial charge on any atom is 0.139 e. The summed E-state index contributed by atoms with van der Waals surface area (Å²) in [6.07, 6.45) is 4.83. The normalized spacial score (nSPS) is 25.8. The first-order valence-corrected chi connectivity index (χ1v) is 7.90. The van der Waals surface area contributed by atoms with Gasteiger partial charge in [0, 0.05) is 5.25 Å². The highest BCUT2D eigenvalue weighted by molar-refractivity contribution is 7.85. The molecular formula is C14H19F2NOS. The van der Waals surface area contributed by atoms with Crippen molar-refractivity contribution in [1.29, 1.82) is 0 Å². The standard InChI is InChI=1S/C14H19F2NOS/c15-11-6-7-12(16)14(8-11)19(18)13-5-3-1-2-4-10(13)9-17/h6-8,10,13H,1-5,9,17H2. The molecule has 1 saturated carbocycles. The number of hydrogen-bond acceptors (Lipinski definition) is 2. The Bertz CT molecular complexity index is 467. The van der Waals surface area contributed by atoms with Gasteiger partial charge in [-0.3, -0.25) is 4.21 Å². The van der Waals surface area contributed by atoms with Crippen LogP contribution in [0.3, 0.4) is 0 Å². The van der Waals surface area contributed by atoms with Gasteiger partial charge in [-0.25, -0.2) is 8.78 Å². The first-order valence-electron chi connectivity index (χ1n) is 6.69. The van der Waals surface area contributed by atoms with Crippen molar-refractivity contribution in [1.82, 2.24) is 0 Å². The van der Waals surface area contributed by atoms with E-state index in [1.54, 1.807) is 0 Å². The van der Waals surface area contributed by atoms with Gasteiger partial charge in [0.05, 0.1) is 15.7 Å². The molecule has 3 atom stereocenters. The largest absolute Gasteiger partial charge is 0.330 e. The molecule has 1 fully saturated rings. The number of nitrogens with two attached hydrogens (primary N) is 1. The highest BCUT2D eigenvalue weighted by atomic mass is 32.2. The summed E-state index contributed by atoms with van der Waals surface area (Å²) < 4.78 is 39.5. The third-order valence-corrected chi connectivity index (χ3v) is 5.69. The van der Waals surface area contributed by atoms with Crippen LogP contribution in [0.2, 0.25) is 0 Å². The first kappa shape index (κ1) is 14.6. The zero-order valence-electron chi connectivity index (χ0n) is 10.8. The maximum atomic E-state index is 13.7. The fraction of sp³-hybridized carbons (Fsp3) is 0.571. The van der Waals surface area contributed by atoms with Gasteiger partial charge in [-0.05, 0) is 43.5 Å². The average Bonchev–Trinajstić information content (AvgIpc) is 2.65. The summed E-state index contributed by atoms with van der Waals surface area (Å²) in [7, 11) is -1.53. The summed E-state index contributed by atoms with van der Waals surface area (Å²) in [5.74, 6) is -1.02. The van der Waals surface area contributed by atoms with Gasteiger partial charge in [0.25, 0.3) is 0 Å². The molecule has 0 radical (unpaired) electrons. The molecule has 0 aromatic heterocycles. The van der Waals surface area contributed by atoms with Crippen molar-refractivity contribution in [3.05, 3.63) is 29.8 Å². The van der Waals surface area contributed by atoms with Crippen LogP contribution in [0.15, 0.2) is 23.1 Å². The van der Waals surface area contributed by atoms with Crippen LogP contribution in [0.25, 0.3) is 0 Å². The monoisotopic (exact) mass is 287 g/mol. The molecule has 1 aromatic carbocycles. The molecule has 0 amide bonds. The Balaban J connectivity index is 2.27. The van der Waals surface area contributed by atoms with E-state index in [9.17, 15) is 13.0 Å². The average molecular weight is 287 g/mol. The van der Waals surface area contributed by atoms with Crippen LogP contribution in [0.4, 0.5) is 8.78 Å². The second-order valence-electron chi connectivity index (χ2n) is 5.04. The number of hydrogen-bond donors (Lipinski definition) is 1. The van der Waals surface area contributed by atoms with Crippen LogP contribution in [0.5, 0.6) is 0 Å². The van der Waals surface area contributed by atoms with E-state index in [1.807, 2.05) is 0 Å². The molecule has 19 heavy (non-hydrogen) atoms. The van der Waals surface area contributed by atoms with Gasteiger partial charge in [-0.1, -0.05) is 19.3 Å². The second-order valence-corrected chi connectivity index (χ2v) is 6.68. The molecule has 0 bridgehead atoms. The Kier molecular flexibility index (Phi) is 5.05. The molecule has 3 unspecified atom stereocenters. The highest BCUT2D eigenvalue weighted by Gasteiger charge is 2.30. The molecule has 5 heteroatoms. The van der Waals surface area contributed by atoms with E-state index < -0.39 is 22.4 Å². The van der Waals surface area contributed by atoms with Crippen molar-refractivity contribution >= 4 is 10.8 Å². The smallest absolute Gasteiger partial charge is 0.139 e. The van der Waals surface area contributed by atoms with Gasteiger partial charge in [0.2, 0.25) is 0 Å². The van der Waals surface area contributed by atoms with Crippen LogP contribution in [-0.2, 0) is 10.8 Å². The van der Waals surface area contributed by atoms with E-state index in [2.05, 4.69) is 0 Å². The van der Waals surface area contributed by atoms with Crippen LogP contribution >= 0.6 is 0 Å². The summed E-state index contributed by atoms with van der Waals surface area (Å²) in [5.41, 5.74) is 5.74. The van der Waals surface area contributed by atoms with Crippen LogP contribution < -0.4 is 5.73 Å². The second kappa shape index (κ2) is 6.57. The molecule has 0 aliphatic heterocycles. The minimum Gasteiger partial charge on any atom is -0.330 e. The van der Waals surface area contributed by atoms with Crippen LogP contribution in [-0.4, -0.2) is 16.0 Å². The van der Waals surface area contributed by atoms with Gasteiger partial charge in [0.15, 0.2) is 0 Å². The fourth-order valence-electron chi connectivity index (χ4n) is 2.70. The zero-order chi connectivity index (χ0) is 13.8. The summed E-state index contributed by atoms with van der Waals surface area (Å²) in [6.45, 7) is 0.452. The number of rotatable bonds is 3. The number of benzene rings is 1. The lowest BCUT2D eigenvalue weighted by Crippen LogP contribution is -2.31. The highest BCUT2D eigenvalue weighted by Crippen LogP contribution is 2.30. The minimum absolute atomic E-state index is 0.0228. The molecule has 2 rings (SSSR count). The van der Waals surface area contributed by atoms with Gasteiger partial charge >= 0.3 is 0 Å². The molecule has 1 aliphatic rings. The van der Waals surface area contributed by atoms with Gasteiger partial charge < -0.3 is 5.73 Å². The van der Waals surface area contributed by atoms with Crippen molar-refractivity contribution in [3.8, 4) is 0 Å². The summed E-state index contributed by atoms with van der Waals surface area (Å²) in [6, 6.07) is 3.13. The van der Waals surface area contributed by atoms with Crippen molar-refractivity contribution < 1.29 is 13.0 Å². The van der Waals surface area contributed by atoms with Crippen LogP contribution in [0, 0.1) is 17.6 Å². The predicted molar refractivity (Wildman–Crippen MR) is 72.2 cm³/mol. The molecular weight excluding hydrogens is 268 g/mol. The van der Waals surface area contributed by atoms with Crippen molar-refractivity contribution in [3.63, 3.8) is 0 Å². The molecule has 0 spiro atoms. The van der Waals surface area contributed by atoms with Gasteiger partial charge in [0.1, 0.15) is 11.6 Å². The zero-order valence-corrected chi connectivity index (χ0v) is 11.6. The Morgan fingerprint density at radius 1 is 1.21 bits per heavy atom. The third kappa shape index (κ3) is 3.39. The molecule has 1 aromatic rings. The molecule has 0 saturated heterocycles. The Morgan fingerprint density at radius 2 is 1.95 bits per heavy atom. The Morgan fingerprint density at radius 3 is 2.68 bits per heavy atom. The molecule has 0 heterocycles. The van der Waals surface area contributed by atoms with Crippen LogP contribution in [0.1, 0.15) is 32.1 Å². The SMILES string of the molecule is NCC1CCCCCC1S(=O)c1cc(F)ccc1F. The van der Waals surface area contributed by atoms with E-state index >= 15 is 0 Å². The van der Waals surface area contributed by atoms with Crippen molar-refractivity contribution in [2.75, 3.05) is 6.54 Å². The lowest BCUT2D eigenvalue weighted by atomic mass is 10.0. The summed E-state index contributed by atoms with van der Waals surface area (Å²) >= 11 is 0. The third-order valence-electron chi connectivity index (χ3n) is 3.78. The van der Waals surface area contributed by atoms with Gasteiger partial charge in [-0.15, -0.1) is 0 Å². The lowest BCUT2D eigenvalue weighted by Gasteiger charge is -2.23.